The van der Waals surface area contributed by atoms with Gasteiger partial charge in [-0.3, -0.25) is 4.99 Å². The van der Waals surface area contributed by atoms with E-state index in [9.17, 15) is 5.11 Å². The molecule has 1 aliphatic rings. The van der Waals surface area contributed by atoms with Crippen molar-refractivity contribution in [1.82, 2.24) is 10.6 Å². The molecule has 3 N–H and O–H groups in total. The van der Waals surface area contributed by atoms with Crippen molar-refractivity contribution < 1.29 is 24.1 Å². The maximum Gasteiger partial charge on any atom is 0.191 e. The van der Waals surface area contributed by atoms with E-state index < -0.39 is 0 Å². The van der Waals surface area contributed by atoms with Crippen LogP contribution in [0.4, 0.5) is 0 Å². The number of aliphatic hydroxyl groups is 1. The van der Waals surface area contributed by atoms with E-state index in [1.165, 1.54) is 0 Å². The second-order valence-corrected chi connectivity index (χ2v) is 6.88. The third-order valence-electron chi connectivity index (χ3n) is 4.89. The summed E-state index contributed by atoms with van der Waals surface area (Å²) in [4.78, 5) is 4.26. The number of benzene rings is 1. The lowest BCUT2D eigenvalue weighted by atomic mass is 9.84. The fourth-order valence-corrected chi connectivity index (χ4v) is 3.14. The average molecular weight is 523 g/mol. The summed E-state index contributed by atoms with van der Waals surface area (Å²) in [5.41, 5.74) is -0.0130. The van der Waals surface area contributed by atoms with Crippen LogP contribution in [0, 0.1) is 5.41 Å². The van der Waals surface area contributed by atoms with Crippen LogP contribution in [-0.4, -0.2) is 71.9 Å². The fourth-order valence-electron chi connectivity index (χ4n) is 3.14. The van der Waals surface area contributed by atoms with E-state index >= 15 is 0 Å². The van der Waals surface area contributed by atoms with Crippen molar-refractivity contribution >= 4 is 29.9 Å². The molecule has 1 unspecified atom stereocenters. The van der Waals surface area contributed by atoms with Gasteiger partial charge in [0.05, 0.1) is 27.4 Å². The Kier molecular flexibility index (Phi) is 12.1. The van der Waals surface area contributed by atoms with Gasteiger partial charge in [-0.1, -0.05) is 0 Å². The summed E-state index contributed by atoms with van der Waals surface area (Å²) in [5.74, 6) is 2.85. The zero-order valence-corrected chi connectivity index (χ0v) is 19.9. The predicted molar refractivity (Wildman–Crippen MR) is 124 cm³/mol. The average Bonchev–Trinajstić information content (AvgIpc) is 3.18. The lowest BCUT2D eigenvalue weighted by Crippen LogP contribution is -2.44. The fraction of sp³-hybridized carbons (Fsp3) is 0.650. The molecule has 1 aromatic rings. The minimum absolute atomic E-state index is 0. The topological polar surface area (TPSA) is 93.6 Å². The van der Waals surface area contributed by atoms with Crippen molar-refractivity contribution in [2.45, 2.75) is 19.3 Å². The first-order valence-electron chi connectivity index (χ1n) is 9.64. The summed E-state index contributed by atoms with van der Waals surface area (Å²) in [6, 6.07) is 5.48. The molecule has 1 fully saturated rings. The Hall–Kier alpha value is -1.46. The van der Waals surface area contributed by atoms with E-state index in [1.54, 1.807) is 21.3 Å². The van der Waals surface area contributed by atoms with Gasteiger partial charge >= 0.3 is 0 Å². The van der Waals surface area contributed by atoms with Crippen LogP contribution in [0.3, 0.4) is 0 Å². The minimum Gasteiger partial charge on any atom is -0.496 e. The van der Waals surface area contributed by atoms with Crippen molar-refractivity contribution in [2.24, 2.45) is 10.4 Å². The monoisotopic (exact) mass is 523 g/mol. The first-order chi connectivity index (χ1) is 13.6. The van der Waals surface area contributed by atoms with E-state index in [1.807, 2.05) is 18.2 Å². The van der Waals surface area contributed by atoms with Crippen LogP contribution in [0.1, 0.15) is 19.3 Å². The van der Waals surface area contributed by atoms with Gasteiger partial charge in [0.15, 0.2) is 5.96 Å². The van der Waals surface area contributed by atoms with Crippen LogP contribution in [0.2, 0.25) is 0 Å². The van der Waals surface area contributed by atoms with Crippen LogP contribution in [-0.2, 0) is 4.74 Å². The van der Waals surface area contributed by atoms with Crippen LogP contribution in [0.5, 0.6) is 17.2 Å². The Morgan fingerprint density at radius 3 is 2.41 bits per heavy atom. The molecule has 0 radical (unpaired) electrons. The highest BCUT2D eigenvalue weighted by molar-refractivity contribution is 14.0. The number of hydrogen-bond acceptors (Lipinski definition) is 6. The normalized spacial score (nSPS) is 18.7. The largest absolute Gasteiger partial charge is 0.496 e. The summed E-state index contributed by atoms with van der Waals surface area (Å²) in [6.45, 7) is 3.61. The number of hydrogen-bond donors (Lipinski definition) is 3. The van der Waals surface area contributed by atoms with Crippen molar-refractivity contribution in [3.05, 3.63) is 18.2 Å². The quantitative estimate of drug-likeness (QED) is 0.177. The zero-order valence-electron chi connectivity index (χ0n) is 17.5. The predicted octanol–water partition coefficient (Wildman–Crippen LogP) is 2.04. The number of aliphatic imine (C=N–C) groups is 1. The van der Waals surface area contributed by atoms with Gasteiger partial charge < -0.3 is 34.7 Å². The molecule has 0 amide bonds. The molecule has 1 saturated heterocycles. The standard InChI is InChI=1S/C20H33N3O5.HI/c1-21-19(23-14-20(5-8-24)6-10-27-15-20)22-7-4-9-28-18-12-16(25-2)11-17(13-18)26-3;/h11-13,24H,4-10,14-15H2,1-3H3,(H2,21,22,23);1H. The third kappa shape index (κ3) is 8.43. The first kappa shape index (κ1) is 25.6. The molecule has 1 aromatic carbocycles. The van der Waals surface area contributed by atoms with Gasteiger partial charge in [0.25, 0.3) is 0 Å². The Bertz CT molecular complexity index is 602. The van der Waals surface area contributed by atoms with Gasteiger partial charge in [0, 0.05) is 57.0 Å². The second-order valence-electron chi connectivity index (χ2n) is 6.88. The lowest BCUT2D eigenvalue weighted by Gasteiger charge is -2.27. The number of nitrogens with zero attached hydrogens (tertiary/aromatic N) is 1. The molecule has 166 valence electrons. The molecule has 1 heterocycles. The number of guanidine groups is 1. The smallest absolute Gasteiger partial charge is 0.191 e. The lowest BCUT2D eigenvalue weighted by molar-refractivity contribution is 0.127. The van der Waals surface area contributed by atoms with E-state index in [0.29, 0.717) is 30.5 Å². The molecule has 0 saturated carbocycles. The molecule has 0 bridgehead atoms. The third-order valence-corrected chi connectivity index (χ3v) is 4.89. The van der Waals surface area contributed by atoms with Crippen LogP contribution < -0.4 is 24.8 Å². The molecule has 1 atom stereocenters. The number of aliphatic hydroxyl groups excluding tert-OH is 1. The van der Waals surface area contributed by atoms with Gasteiger partial charge in [-0.25, -0.2) is 0 Å². The Balaban J connectivity index is 0.00000420. The van der Waals surface area contributed by atoms with Crippen molar-refractivity contribution in [1.29, 1.82) is 0 Å². The minimum atomic E-state index is -0.0130. The molecule has 29 heavy (non-hydrogen) atoms. The van der Waals surface area contributed by atoms with E-state index in [2.05, 4.69) is 15.6 Å². The molecule has 0 spiro atoms. The van der Waals surface area contributed by atoms with Gasteiger partial charge in [-0.05, 0) is 19.3 Å². The summed E-state index contributed by atoms with van der Waals surface area (Å²) in [5, 5.41) is 16.0. The Labute approximate surface area is 190 Å². The maximum atomic E-state index is 9.32. The molecule has 8 nitrogen and oxygen atoms in total. The SMILES string of the molecule is CN=C(NCCCOc1cc(OC)cc(OC)c1)NCC1(CCO)CCOC1.I. The molecular weight excluding hydrogens is 489 g/mol. The highest BCUT2D eigenvalue weighted by Crippen LogP contribution is 2.31. The molecular formula is C20H34IN3O5. The maximum absolute atomic E-state index is 9.32. The van der Waals surface area contributed by atoms with Gasteiger partial charge in [-0.15, -0.1) is 24.0 Å². The highest BCUT2D eigenvalue weighted by atomic mass is 127. The van der Waals surface area contributed by atoms with Crippen molar-refractivity contribution in [2.75, 3.05) is 60.8 Å². The summed E-state index contributed by atoms with van der Waals surface area (Å²) >= 11 is 0. The summed E-state index contributed by atoms with van der Waals surface area (Å²) in [6.07, 6.45) is 2.50. The molecule has 0 aromatic heterocycles. The number of ether oxygens (including phenoxy) is 4. The first-order valence-corrected chi connectivity index (χ1v) is 9.64. The summed E-state index contributed by atoms with van der Waals surface area (Å²) in [7, 11) is 4.98. The number of rotatable bonds is 11. The van der Waals surface area contributed by atoms with Crippen LogP contribution >= 0.6 is 24.0 Å². The molecule has 2 rings (SSSR count). The van der Waals surface area contributed by atoms with Crippen molar-refractivity contribution in [3.8, 4) is 17.2 Å². The van der Waals surface area contributed by atoms with Gasteiger partial charge in [0.1, 0.15) is 17.2 Å². The Morgan fingerprint density at radius 1 is 1.17 bits per heavy atom. The van der Waals surface area contributed by atoms with Gasteiger partial charge in [-0.2, -0.15) is 0 Å². The molecule has 9 heteroatoms. The van der Waals surface area contributed by atoms with Crippen LogP contribution in [0.15, 0.2) is 23.2 Å². The molecule has 1 aliphatic heterocycles. The zero-order chi connectivity index (χ0) is 20.2. The van der Waals surface area contributed by atoms with Gasteiger partial charge in [0.2, 0.25) is 0 Å². The van der Waals surface area contributed by atoms with E-state index in [4.69, 9.17) is 18.9 Å². The second kappa shape index (κ2) is 13.7. The Morgan fingerprint density at radius 2 is 1.86 bits per heavy atom. The number of halogens is 1. The number of nitrogens with one attached hydrogen (secondary N) is 2. The van der Waals surface area contributed by atoms with Crippen LogP contribution in [0.25, 0.3) is 0 Å². The number of methoxy groups -OCH3 is 2. The highest BCUT2D eigenvalue weighted by Gasteiger charge is 2.34. The van der Waals surface area contributed by atoms with E-state index in [-0.39, 0.29) is 36.0 Å². The summed E-state index contributed by atoms with van der Waals surface area (Å²) < 4.78 is 21.8. The van der Waals surface area contributed by atoms with Crippen molar-refractivity contribution in [3.63, 3.8) is 0 Å². The molecule has 0 aliphatic carbocycles. The van der Waals surface area contributed by atoms with E-state index in [0.717, 1.165) is 44.9 Å².